The molecule has 2 rings (SSSR count). The van der Waals surface area contributed by atoms with Crippen molar-refractivity contribution in [3.8, 4) is 0 Å². The van der Waals surface area contributed by atoms with Crippen LogP contribution in [-0.4, -0.2) is 30.9 Å². The summed E-state index contributed by atoms with van der Waals surface area (Å²) in [4.78, 5) is 25.9. The largest absolute Gasteiger partial charge is 0.356 e. The van der Waals surface area contributed by atoms with Gasteiger partial charge in [-0.1, -0.05) is 12.1 Å². The van der Waals surface area contributed by atoms with Crippen molar-refractivity contribution < 1.29 is 9.59 Å². The Morgan fingerprint density at radius 3 is 2.90 bits per heavy atom. The summed E-state index contributed by atoms with van der Waals surface area (Å²) >= 11 is 3.44. The third kappa shape index (κ3) is 4.04. The molecule has 2 unspecified atom stereocenters. The lowest BCUT2D eigenvalue weighted by atomic mass is 10.1. The van der Waals surface area contributed by atoms with Crippen LogP contribution in [0.25, 0.3) is 0 Å². The van der Waals surface area contributed by atoms with Gasteiger partial charge in [-0.3, -0.25) is 9.59 Å². The topological polar surface area (TPSA) is 75.4 Å². The van der Waals surface area contributed by atoms with Crippen LogP contribution in [-0.2, 0) is 9.59 Å². The first kappa shape index (κ1) is 16.0. The second-order valence-corrected chi connectivity index (χ2v) is 6.27. The normalized spacial score (nSPS) is 19.7. The number of carbonyl (C=O) groups excluding carboxylic acids is 2. The minimum absolute atomic E-state index is 0.0192. The molecular formula is C15H20BrN3O2. The van der Waals surface area contributed by atoms with Crippen molar-refractivity contribution in [1.29, 1.82) is 0 Å². The third-order valence-electron chi connectivity index (χ3n) is 3.54. The number of hydrogen-bond acceptors (Lipinski definition) is 3. The fourth-order valence-corrected chi connectivity index (χ4v) is 2.85. The Balaban J connectivity index is 1.96. The van der Waals surface area contributed by atoms with Gasteiger partial charge < -0.3 is 16.0 Å². The number of hydrogen-bond donors (Lipinski definition) is 2. The van der Waals surface area contributed by atoms with Crippen LogP contribution in [0.1, 0.15) is 19.8 Å². The van der Waals surface area contributed by atoms with Crippen molar-refractivity contribution >= 4 is 33.4 Å². The van der Waals surface area contributed by atoms with E-state index < -0.39 is 0 Å². The molecule has 1 heterocycles. The van der Waals surface area contributed by atoms with Crippen LogP contribution in [0.4, 0.5) is 5.69 Å². The highest BCUT2D eigenvalue weighted by Gasteiger charge is 2.35. The molecule has 2 amide bonds. The second-order valence-electron chi connectivity index (χ2n) is 5.41. The highest BCUT2D eigenvalue weighted by molar-refractivity contribution is 9.10. The average Bonchev–Trinajstić information content (AvgIpc) is 2.81. The first-order valence-corrected chi connectivity index (χ1v) is 7.86. The molecular weight excluding hydrogens is 334 g/mol. The molecule has 1 saturated heterocycles. The van der Waals surface area contributed by atoms with Gasteiger partial charge in [0.25, 0.3) is 0 Å². The van der Waals surface area contributed by atoms with Crippen molar-refractivity contribution in [3.05, 3.63) is 28.7 Å². The quantitative estimate of drug-likeness (QED) is 0.844. The monoisotopic (exact) mass is 353 g/mol. The molecule has 1 fully saturated rings. The van der Waals surface area contributed by atoms with E-state index in [0.29, 0.717) is 13.1 Å². The zero-order valence-corrected chi connectivity index (χ0v) is 13.6. The van der Waals surface area contributed by atoms with Gasteiger partial charge in [0, 0.05) is 30.0 Å². The van der Waals surface area contributed by atoms with Gasteiger partial charge in [-0.05, 0) is 41.4 Å². The van der Waals surface area contributed by atoms with Crippen LogP contribution in [0.5, 0.6) is 0 Å². The fourth-order valence-electron chi connectivity index (χ4n) is 2.35. The van der Waals surface area contributed by atoms with E-state index in [0.717, 1.165) is 16.6 Å². The van der Waals surface area contributed by atoms with Crippen LogP contribution >= 0.6 is 15.9 Å². The third-order valence-corrected chi connectivity index (χ3v) is 4.21. The molecule has 5 nitrogen and oxygen atoms in total. The molecule has 1 aliphatic rings. The molecule has 6 heteroatoms. The van der Waals surface area contributed by atoms with E-state index >= 15 is 0 Å². The molecule has 1 aliphatic heterocycles. The molecule has 0 spiro atoms. The predicted molar refractivity (Wildman–Crippen MR) is 85.9 cm³/mol. The number of benzene rings is 1. The summed E-state index contributed by atoms with van der Waals surface area (Å²) in [6.45, 7) is 2.88. The maximum atomic E-state index is 12.1. The smallest absolute Gasteiger partial charge is 0.227 e. The maximum absolute atomic E-state index is 12.1. The summed E-state index contributed by atoms with van der Waals surface area (Å²) in [5.74, 6) is -0.384. The molecule has 0 aliphatic carbocycles. The Labute approximate surface area is 133 Å². The van der Waals surface area contributed by atoms with Crippen LogP contribution < -0.4 is 16.0 Å². The van der Waals surface area contributed by atoms with Gasteiger partial charge in [-0.15, -0.1) is 0 Å². The number of amides is 2. The zero-order chi connectivity index (χ0) is 15.4. The summed E-state index contributed by atoms with van der Waals surface area (Å²) in [5, 5.41) is 2.85. The van der Waals surface area contributed by atoms with Crippen molar-refractivity contribution in [2.45, 2.75) is 25.8 Å². The molecule has 21 heavy (non-hydrogen) atoms. The van der Waals surface area contributed by atoms with Crippen LogP contribution in [0.15, 0.2) is 28.7 Å². The molecule has 2 atom stereocenters. The second kappa shape index (κ2) is 7.04. The van der Waals surface area contributed by atoms with Gasteiger partial charge >= 0.3 is 0 Å². The first-order chi connectivity index (χ1) is 9.99. The minimum Gasteiger partial charge on any atom is -0.356 e. The Hall–Kier alpha value is -1.40. The number of nitrogens with two attached hydrogens (primary N) is 1. The lowest BCUT2D eigenvalue weighted by molar-refractivity contribution is -0.126. The molecule has 0 saturated carbocycles. The summed E-state index contributed by atoms with van der Waals surface area (Å²) in [7, 11) is 0. The summed E-state index contributed by atoms with van der Waals surface area (Å²) in [6, 6.07) is 7.60. The van der Waals surface area contributed by atoms with Crippen LogP contribution in [0, 0.1) is 5.92 Å². The van der Waals surface area contributed by atoms with E-state index in [-0.39, 0.29) is 30.2 Å². The SMILES string of the molecule is CC(N)CCNC(=O)C1CC(=O)N(c2ccccc2Br)C1. The molecule has 0 bridgehead atoms. The van der Waals surface area contributed by atoms with E-state index in [4.69, 9.17) is 5.73 Å². The average molecular weight is 354 g/mol. The Bertz CT molecular complexity index is 533. The van der Waals surface area contributed by atoms with Crippen molar-refractivity contribution in [1.82, 2.24) is 5.32 Å². The van der Waals surface area contributed by atoms with E-state index in [9.17, 15) is 9.59 Å². The van der Waals surface area contributed by atoms with Gasteiger partial charge in [0.1, 0.15) is 0 Å². The van der Waals surface area contributed by atoms with Crippen molar-refractivity contribution in [2.75, 3.05) is 18.0 Å². The van der Waals surface area contributed by atoms with Crippen molar-refractivity contribution in [2.24, 2.45) is 11.7 Å². The van der Waals surface area contributed by atoms with Gasteiger partial charge in [-0.2, -0.15) is 0 Å². The number of para-hydroxylation sites is 1. The van der Waals surface area contributed by atoms with Crippen LogP contribution in [0.2, 0.25) is 0 Å². The van der Waals surface area contributed by atoms with Crippen molar-refractivity contribution in [3.63, 3.8) is 0 Å². The number of nitrogens with one attached hydrogen (secondary N) is 1. The Kier molecular flexibility index (Phi) is 5.36. The number of rotatable bonds is 5. The number of anilines is 1. The van der Waals surface area contributed by atoms with Gasteiger partial charge in [-0.25, -0.2) is 0 Å². The lowest BCUT2D eigenvalue weighted by Crippen LogP contribution is -2.35. The van der Waals surface area contributed by atoms with Crippen LogP contribution in [0.3, 0.4) is 0 Å². The summed E-state index contributed by atoms with van der Waals surface area (Å²) in [6.07, 6.45) is 0.992. The van der Waals surface area contributed by atoms with E-state index in [1.165, 1.54) is 0 Å². The van der Waals surface area contributed by atoms with Gasteiger partial charge in [0.15, 0.2) is 0 Å². The van der Waals surface area contributed by atoms with E-state index in [2.05, 4.69) is 21.2 Å². The number of halogens is 1. The summed E-state index contributed by atoms with van der Waals surface area (Å²) < 4.78 is 0.858. The Morgan fingerprint density at radius 2 is 2.24 bits per heavy atom. The molecule has 0 radical (unpaired) electrons. The highest BCUT2D eigenvalue weighted by Crippen LogP contribution is 2.31. The maximum Gasteiger partial charge on any atom is 0.227 e. The molecule has 1 aromatic rings. The lowest BCUT2D eigenvalue weighted by Gasteiger charge is -2.18. The van der Waals surface area contributed by atoms with Gasteiger partial charge in [0.05, 0.1) is 11.6 Å². The number of nitrogens with zero attached hydrogens (tertiary/aromatic N) is 1. The van der Waals surface area contributed by atoms with E-state index in [1.54, 1.807) is 4.90 Å². The Morgan fingerprint density at radius 1 is 1.52 bits per heavy atom. The summed E-state index contributed by atoms with van der Waals surface area (Å²) in [5.41, 5.74) is 6.46. The molecule has 1 aromatic carbocycles. The highest BCUT2D eigenvalue weighted by atomic mass is 79.9. The van der Waals surface area contributed by atoms with Gasteiger partial charge in [0.2, 0.25) is 11.8 Å². The predicted octanol–water partition coefficient (Wildman–Crippen LogP) is 1.66. The standard InChI is InChI=1S/C15H20BrN3O2/c1-10(17)6-7-18-15(21)11-8-14(20)19(9-11)13-5-3-2-4-12(13)16/h2-5,10-11H,6-9,17H2,1H3,(H,18,21). The number of carbonyl (C=O) groups is 2. The molecule has 0 aromatic heterocycles. The molecule has 114 valence electrons. The zero-order valence-electron chi connectivity index (χ0n) is 12.0. The fraction of sp³-hybridized carbons (Fsp3) is 0.467. The van der Waals surface area contributed by atoms with E-state index in [1.807, 2.05) is 31.2 Å². The first-order valence-electron chi connectivity index (χ1n) is 7.07. The molecule has 3 N–H and O–H groups in total. The minimum atomic E-state index is -0.294.